The van der Waals surface area contributed by atoms with E-state index in [-0.39, 0.29) is 6.42 Å². The van der Waals surface area contributed by atoms with Gasteiger partial charge in [0.2, 0.25) is 0 Å². The highest BCUT2D eigenvalue weighted by atomic mass is 32.3. The first-order chi connectivity index (χ1) is 9.43. The molecule has 0 atom stereocenters. The molecule has 0 aromatic carbocycles. The standard InChI is InChI=1S/C7H10F6O6S3/c1-2-3-4-20(14,15)5(21(16,17)6(8,9)10)22(18,19)7(11,12)13/h5H,2-4H2,1H3. The van der Waals surface area contributed by atoms with Crippen LogP contribution >= 0.6 is 0 Å². The highest BCUT2D eigenvalue weighted by Gasteiger charge is 2.67. The predicted octanol–water partition coefficient (Wildman–Crippen LogP) is 1.35. The minimum absolute atomic E-state index is 0.0376. The maximum absolute atomic E-state index is 12.4. The molecule has 0 aromatic rings. The lowest BCUT2D eigenvalue weighted by atomic mass is 10.4. The van der Waals surface area contributed by atoms with Crippen LogP contribution in [-0.2, 0) is 29.5 Å². The summed E-state index contributed by atoms with van der Waals surface area (Å²) in [4.78, 5) is 0. The van der Waals surface area contributed by atoms with Crippen molar-refractivity contribution < 1.29 is 51.6 Å². The Balaban J connectivity index is 6.56. The second kappa shape index (κ2) is 6.14. The van der Waals surface area contributed by atoms with E-state index in [1.54, 1.807) is 0 Å². The van der Waals surface area contributed by atoms with E-state index in [1.807, 2.05) is 0 Å². The zero-order valence-corrected chi connectivity index (χ0v) is 13.1. The largest absolute Gasteiger partial charge is 0.499 e. The average molecular weight is 400 g/mol. The SMILES string of the molecule is CCCCS(=O)(=O)C(S(=O)(=O)C(F)(F)F)S(=O)(=O)C(F)(F)F. The maximum atomic E-state index is 12.4. The molecule has 0 unspecified atom stereocenters. The van der Waals surface area contributed by atoms with Crippen LogP contribution in [0.15, 0.2) is 0 Å². The molecule has 0 heterocycles. The zero-order chi connectivity index (χ0) is 18.2. The van der Waals surface area contributed by atoms with Crippen molar-refractivity contribution in [2.45, 2.75) is 34.7 Å². The monoisotopic (exact) mass is 400 g/mol. The van der Waals surface area contributed by atoms with E-state index < -0.39 is 56.6 Å². The summed E-state index contributed by atoms with van der Waals surface area (Å²) in [5.41, 5.74) is -13.0. The lowest BCUT2D eigenvalue weighted by Crippen LogP contribution is -2.49. The Bertz CT molecular complexity index is 655. The first kappa shape index (κ1) is 21.4. The van der Waals surface area contributed by atoms with Crippen molar-refractivity contribution >= 4 is 29.5 Å². The fraction of sp³-hybridized carbons (Fsp3) is 1.00. The van der Waals surface area contributed by atoms with Gasteiger partial charge < -0.3 is 0 Å². The van der Waals surface area contributed by atoms with Crippen LogP contribution < -0.4 is 0 Å². The van der Waals surface area contributed by atoms with Crippen molar-refractivity contribution in [2.75, 3.05) is 5.75 Å². The van der Waals surface area contributed by atoms with Gasteiger partial charge in [-0.2, -0.15) is 26.3 Å². The van der Waals surface area contributed by atoms with E-state index in [4.69, 9.17) is 0 Å². The molecule has 0 spiro atoms. The first-order valence-corrected chi connectivity index (χ1v) is 10.1. The number of hydrogen-bond acceptors (Lipinski definition) is 6. The molecule has 0 bridgehead atoms. The van der Waals surface area contributed by atoms with Gasteiger partial charge in [-0.05, 0) is 6.42 Å². The summed E-state index contributed by atoms with van der Waals surface area (Å²) >= 11 is 0. The number of hydrogen-bond donors (Lipinski definition) is 0. The van der Waals surface area contributed by atoms with Crippen molar-refractivity contribution in [3.63, 3.8) is 0 Å². The summed E-state index contributed by atoms with van der Waals surface area (Å²) in [7, 11) is -20.1. The van der Waals surface area contributed by atoms with Crippen LogP contribution in [0.2, 0.25) is 0 Å². The highest BCUT2D eigenvalue weighted by molar-refractivity contribution is 8.24. The van der Waals surface area contributed by atoms with E-state index >= 15 is 0 Å². The Morgan fingerprint density at radius 3 is 1.32 bits per heavy atom. The Morgan fingerprint density at radius 1 is 0.773 bits per heavy atom. The molecule has 0 aromatic heterocycles. The van der Waals surface area contributed by atoms with Gasteiger partial charge in [-0.1, -0.05) is 13.3 Å². The molecule has 0 N–H and O–H groups in total. The summed E-state index contributed by atoms with van der Waals surface area (Å²) in [5.74, 6) is -1.46. The van der Waals surface area contributed by atoms with Crippen LogP contribution in [-0.4, -0.2) is 45.9 Å². The lowest BCUT2D eigenvalue weighted by Gasteiger charge is -2.20. The summed E-state index contributed by atoms with van der Waals surface area (Å²) in [6, 6.07) is 0. The molecule has 0 radical (unpaired) electrons. The van der Waals surface area contributed by atoms with Gasteiger partial charge in [-0.3, -0.25) is 0 Å². The Hall–Kier alpha value is -0.570. The van der Waals surface area contributed by atoms with Crippen LogP contribution in [0.4, 0.5) is 26.3 Å². The van der Waals surface area contributed by atoms with Gasteiger partial charge >= 0.3 is 11.0 Å². The maximum Gasteiger partial charge on any atom is 0.499 e. The molecule has 0 saturated carbocycles. The minimum Gasteiger partial charge on any atom is -0.226 e. The molecular formula is C7H10F6O6S3. The molecule has 6 nitrogen and oxygen atoms in total. The van der Waals surface area contributed by atoms with Crippen LogP contribution in [0.5, 0.6) is 0 Å². The van der Waals surface area contributed by atoms with Crippen LogP contribution in [0.3, 0.4) is 0 Å². The molecule has 0 saturated heterocycles. The van der Waals surface area contributed by atoms with E-state index in [0.29, 0.717) is 0 Å². The van der Waals surface area contributed by atoms with E-state index in [1.165, 1.54) is 6.92 Å². The summed E-state index contributed by atoms with van der Waals surface area (Å²) in [5, 5.41) is 0. The number of halogens is 6. The second-order valence-electron chi connectivity index (χ2n) is 3.99. The Labute approximate surface area is 122 Å². The molecule has 0 rings (SSSR count). The molecule has 0 amide bonds. The average Bonchev–Trinajstić information content (AvgIpc) is 2.21. The molecule has 22 heavy (non-hydrogen) atoms. The lowest BCUT2D eigenvalue weighted by molar-refractivity contribution is -0.0462. The van der Waals surface area contributed by atoms with E-state index in [0.717, 1.165) is 0 Å². The van der Waals surface area contributed by atoms with Crippen molar-refractivity contribution in [2.24, 2.45) is 0 Å². The van der Waals surface area contributed by atoms with Crippen molar-refractivity contribution in [3.8, 4) is 0 Å². The van der Waals surface area contributed by atoms with E-state index in [2.05, 4.69) is 0 Å². The van der Waals surface area contributed by atoms with Gasteiger partial charge in [0, 0.05) is 0 Å². The molecule has 134 valence electrons. The summed E-state index contributed by atoms with van der Waals surface area (Å²) in [6.07, 6.45) is -0.552. The Kier molecular flexibility index (Phi) is 5.99. The van der Waals surface area contributed by atoms with Gasteiger partial charge in [0.25, 0.3) is 23.6 Å². The number of rotatable bonds is 6. The molecule has 15 heteroatoms. The highest BCUT2D eigenvalue weighted by Crippen LogP contribution is 2.39. The second-order valence-corrected chi connectivity index (χ2v) is 11.1. The molecule has 0 aliphatic carbocycles. The van der Waals surface area contributed by atoms with Gasteiger partial charge in [-0.15, -0.1) is 0 Å². The predicted molar refractivity (Wildman–Crippen MR) is 62.4 cm³/mol. The molecule has 0 aliphatic rings. The van der Waals surface area contributed by atoms with Gasteiger partial charge in [-0.25, -0.2) is 25.3 Å². The van der Waals surface area contributed by atoms with Crippen molar-refractivity contribution in [1.82, 2.24) is 0 Å². The van der Waals surface area contributed by atoms with Gasteiger partial charge in [0.05, 0.1) is 5.75 Å². The number of sulfone groups is 3. The third-order valence-electron chi connectivity index (χ3n) is 2.23. The zero-order valence-electron chi connectivity index (χ0n) is 10.6. The third kappa shape index (κ3) is 4.04. The molecule has 0 aliphatic heterocycles. The van der Waals surface area contributed by atoms with Crippen molar-refractivity contribution in [3.05, 3.63) is 0 Å². The fourth-order valence-corrected chi connectivity index (χ4v) is 8.84. The number of unbranched alkanes of at least 4 members (excludes halogenated alkanes) is 1. The van der Waals surface area contributed by atoms with Crippen LogP contribution in [0.25, 0.3) is 0 Å². The van der Waals surface area contributed by atoms with Crippen LogP contribution in [0, 0.1) is 0 Å². The van der Waals surface area contributed by atoms with Gasteiger partial charge in [0.1, 0.15) is 0 Å². The third-order valence-corrected chi connectivity index (χ3v) is 10.8. The van der Waals surface area contributed by atoms with Crippen LogP contribution in [0.1, 0.15) is 19.8 Å². The quantitative estimate of drug-likeness (QED) is 0.624. The molecular weight excluding hydrogens is 390 g/mol. The smallest absolute Gasteiger partial charge is 0.226 e. The Morgan fingerprint density at radius 2 is 1.09 bits per heavy atom. The minimum atomic E-state index is -7.16. The summed E-state index contributed by atoms with van der Waals surface area (Å²) < 4.78 is 137. The first-order valence-electron chi connectivity index (χ1n) is 5.25. The van der Waals surface area contributed by atoms with Crippen molar-refractivity contribution in [1.29, 1.82) is 0 Å². The fourth-order valence-electron chi connectivity index (χ4n) is 1.21. The molecule has 0 fully saturated rings. The number of alkyl halides is 6. The topological polar surface area (TPSA) is 102 Å². The van der Waals surface area contributed by atoms with E-state index in [9.17, 15) is 51.6 Å². The normalized spacial score (nSPS) is 15.3. The van der Waals surface area contributed by atoms with Gasteiger partial charge in [0.15, 0.2) is 9.84 Å². The summed E-state index contributed by atoms with van der Waals surface area (Å²) in [6.45, 7) is 1.31.